The van der Waals surface area contributed by atoms with Gasteiger partial charge in [-0.15, -0.1) is 0 Å². The van der Waals surface area contributed by atoms with Crippen LogP contribution in [0.4, 0.5) is 4.39 Å². The highest BCUT2D eigenvalue weighted by Crippen LogP contribution is 2.28. The number of carbonyl (C=O) groups is 1. The van der Waals surface area contributed by atoms with Crippen LogP contribution in [0.15, 0.2) is 12.1 Å². The Morgan fingerprint density at radius 2 is 2.25 bits per heavy atom. The van der Waals surface area contributed by atoms with Crippen LogP contribution in [0.5, 0.6) is 5.75 Å². The summed E-state index contributed by atoms with van der Waals surface area (Å²) in [6.45, 7) is 1.60. The largest absolute Gasteiger partial charge is 0.496 e. The lowest BCUT2D eigenvalue weighted by Gasteiger charge is -2.15. The fourth-order valence-corrected chi connectivity index (χ4v) is 1.44. The number of benzene rings is 1. The van der Waals surface area contributed by atoms with Gasteiger partial charge in [0.25, 0.3) is 0 Å². The molecule has 0 radical (unpaired) electrons. The molecule has 0 bridgehead atoms. The van der Waals surface area contributed by atoms with Crippen molar-refractivity contribution in [2.24, 2.45) is 5.73 Å². The molecular formula is C11H14FNO3. The van der Waals surface area contributed by atoms with Crippen molar-refractivity contribution in [3.8, 4) is 5.75 Å². The lowest BCUT2D eigenvalue weighted by molar-refractivity contribution is -0.137. The van der Waals surface area contributed by atoms with Gasteiger partial charge in [-0.25, -0.2) is 4.39 Å². The standard InChI is InChI=1S/C11H14FNO3/c1-6-3-10(16-2)7(4-8(6)12)9(13)5-11(14)15/h3-4,9H,5,13H2,1-2H3,(H,14,15). The molecule has 0 heterocycles. The van der Waals surface area contributed by atoms with E-state index in [0.717, 1.165) is 0 Å². The van der Waals surface area contributed by atoms with Crippen molar-refractivity contribution in [3.63, 3.8) is 0 Å². The van der Waals surface area contributed by atoms with Gasteiger partial charge in [0.1, 0.15) is 11.6 Å². The Labute approximate surface area is 92.8 Å². The zero-order chi connectivity index (χ0) is 12.3. The van der Waals surface area contributed by atoms with Crippen LogP contribution in [0.2, 0.25) is 0 Å². The van der Waals surface area contributed by atoms with Gasteiger partial charge in [0.2, 0.25) is 0 Å². The fraction of sp³-hybridized carbons (Fsp3) is 0.364. The minimum Gasteiger partial charge on any atom is -0.496 e. The highest BCUT2D eigenvalue weighted by molar-refractivity contribution is 5.68. The highest BCUT2D eigenvalue weighted by atomic mass is 19.1. The molecule has 1 rings (SSSR count). The predicted octanol–water partition coefficient (Wildman–Crippen LogP) is 1.62. The fourth-order valence-electron chi connectivity index (χ4n) is 1.44. The van der Waals surface area contributed by atoms with Crippen molar-refractivity contribution < 1.29 is 19.0 Å². The molecule has 1 aromatic carbocycles. The van der Waals surface area contributed by atoms with Gasteiger partial charge >= 0.3 is 5.97 Å². The Morgan fingerprint density at radius 3 is 2.75 bits per heavy atom. The molecule has 0 aliphatic rings. The number of aliphatic carboxylic acids is 1. The second-order valence-corrected chi connectivity index (χ2v) is 3.55. The third kappa shape index (κ3) is 2.70. The van der Waals surface area contributed by atoms with E-state index >= 15 is 0 Å². The van der Waals surface area contributed by atoms with Crippen LogP contribution in [0.1, 0.15) is 23.6 Å². The summed E-state index contributed by atoms with van der Waals surface area (Å²) in [6.07, 6.45) is -0.265. The molecule has 4 nitrogen and oxygen atoms in total. The van der Waals surface area contributed by atoms with Gasteiger partial charge in [-0.05, 0) is 24.6 Å². The number of ether oxygens (including phenoxy) is 1. The number of hydrogen-bond donors (Lipinski definition) is 2. The van der Waals surface area contributed by atoms with Crippen molar-refractivity contribution in [2.75, 3.05) is 7.11 Å². The third-order valence-corrected chi connectivity index (χ3v) is 2.30. The monoisotopic (exact) mass is 227 g/mol. The van der Waals surface area contributed by atoms with Crippen molar-refractivity contribution in [2.45, 2.75) is 19.4 Å². The van der Waals surface area contributed by atoms with E-state index in [-0.39, 0.29) is 6.42 Å². The third-order valence-electron chi connectivity index (χ3n) is 2.30. The summed E-state index contributed by atoms with van der Waals surface area (Å²) in [7, 11) is 1.43. The van der Waals surface area contributed by atoms with Gasteiger partial charge in [-0.1, -0.05) is 0 Å². The molecule has 0 fully saturated rings. The Balaban J connectivity index is 3.10. The average molecular weight is 227 g/mol. The summed E-state index contributed by atoms with van der Waals surface area (Å²) in [5, 5.41) is 8.62. The van der Waals surface area contributed by atoms with Crippen LogP contribution >= 0.6 is 0 Å². The van der Waals surface area contributed by atoms with Crippen LogP contribution < -0.4 is 10.5 Å². The molecule has 16 heavy (non-hydrogen) atoms. The van der Waals surface area contributed by atoms with Crippen molar-refractivity contribution in [1.82, 2.24) is 0 Å². The molecule has 0 aliphatic carbocycles. The van der Waals surface area contributed by atoms with E-state index in [1.54, 1.807) is 6.92 Å². The average Bonchev–Trinajstić information content (AvgIpc) is 2.20. The summed E-state index contributed by atoms with van der Waals surface area (Å²) >= 11 is 0. The first-order valence-electron chi connectivity index (χ1n) is 4.77. The molecule has 0 spiro atoms. The molecule has 3 N–H and O–H groups in total. The molecule has 1 aromatic rings. The van der Waals surface area contributed by atoms with Gasteiger partial charge in [0, 0.05) is 11.6 Å². The number of aryl methyl sites for hydroxylation is 1. The van der Waals surface area contributed by atoms with Crippen molar-refractivity contribution >= 4 is 5.97 Å². The predicted molar refractivity (Wildman–Crippen MR) is 56.9 cm³/mol. The molecule has 0 aliphatic heterocycles. The molecule has 0 aromatic heterocycles. The van der Waals surface area contributed by atoms with E-state index in [2.05, 4.69) is 0 Å². The first kappa shape index (κ1) is 12.4. The van der Waals surface area contributed by atoms with Crippen LogP contribution in [-0.2, 0) is 4.79 Å². The van der Waals surface area contributed by atoms with Crippen molar-refractivity contribution in [3.05, 3.63) is 29.1 Å². The van der Waals surface area contributed by atoms with E-state index in [1.807, 2.05) is 0 Å². The van der Waals surface area contributed by atoms with Crippen molar-refractivity contribution in [1.29, 1.82) is 0 Å². The number of hydrogen-bond acceptors (Lipinski definition) is 3. The summed E-state index contributed by atoms with van der Waals surface area (Å²) in [5.74, 6) is -1.04. The van der Waals surface area contributed by atoms with Gasteiger partial charge in [0.15, 0.2) is 0 Å². The number of carboxylic acids is 1. The maximum atomic E-state index is 13.3. The number of halogens is 1. The molecule has 0 saturated heterocycles. The number of methoxy groups -OCH3 is 1. The summed E-state index contributed by atoms with van der Waals surface area (Å²) < 4.78 is 18.4. The Morgan fingerprint density at radius 1 is 1.62 bits per heavy atom. The minimum atomic E-state index is -1.03. The molecule has 0 saturated carbocycles. The van der Waals surface area contributed by atoms with E-state index in [4.69, 9.17) is 15.6 Å². The van der Waals surface area contributed by atoms with Gasteiger partial charge in [0.05, 0.1) is 13.5 Å². The lowest BCUT2D eigenvalue weighted by Crippen LogP contribution is -2.16. The van der Waals surface area contributed by atoms with E-state index in [0.29, 0.717) is 16.9 Å². The Kier molecular flexibility index (Phi) is 3.84. The first-order chi connectivity index (χ1) is 7.45. The van der Waals surface area contributed by atoms with E-state index < -0.39 is 17.8 Å². The van der Waals surface area contributed by atoms with Crippen LogP contribution in [-0.4, -0.2) is 18.2 Å². The topological polar surface area (TPSA) is 72.5 Å². The highest BCUT2D eigenvalue weighted by Gasteiger charge is 2.17. The quantitative estimate of drug-likeness (QED) is 0.819. The second-order valence-electron chi connectivity index (χ2n) is 3.55. The van der Waals surface area contributed by atoms with Crippen LogP contribution in [0.3, 0.4) is 0 Å². The van der Waals surface area contributed by atoms with Gasteiger partial charge < -0.3 is 15.6 Å². The Bertz CT molecular complexity index is 406. The molecular weight excluding hydrogens is 213 g/mol. The SMILES string of the molecule is COc1cc(C)c(F)cc1C(N)CC(=O)O. The van der Waals surface area contributed by atoms with Crippen LogP contribution in [0, 0.1) is 12.7 Å². The lowest BCUT2D eigenvalue weighted by atomic mass is 10.0. The zero-order valence-electron chi connectivity index (χ0n) is 9.16. The molecule has 0 amide bonds. The van der Waals surface area contributed by atoms with E-state index in [9.17, 15) is 9.18 Å². The minimum absolute atomic E-state index is 0.265. The number of nitrogens with two attached hydrogens (primary N) is 1. The second kappa shape index (κ2) is 4.94. The van der Waals surface area contributed by atoms with Crippen LogP contribution in [0.25, 0.3) is 0 Å². The molecule has 5 heteroatoms. The number of rotatable bonds is 4. The summed E-state index contributed by atoms with van der Waals surface area (Å²) in [6, 6.07) is 1.95. The van der Waals surface area contributed by atoms with Gasteiger partial charge in [-0.2, -0.15) is 0 Å². The summed E-state index contributed by atoms with van der Waals surface area (Å²) in [5.41, 5.74) is 6.47. The Hall–Kier alpha value is -1.62. The first-order valence-corrected chi connectivity index (χ1v) is 4.77. The molecule has 1 unspecified atom stereocenters. The summed E-state index contributed by atoms with van der Waals surface area (Å²) in [4.78, 5) is 10.5. The normalized spacial score (nSPS) is 12.2. The maximum Gasteiger partial charge on any atom is 0.305 e. The molecule has 1 atom stereocenters. The maximum absolute atomic E-state index is 13.3. The zero-order valence-corrected chi connectivity index (χ0v) is 9.16. The molecule has 88 valence electrons. The number of carboxylic acid groups (broad SMARTS) is 1. The van der Waals surface area contributed by atoms with E-state index in [1.165, 1.54) is 19.2 Å². The van der Waals surface area contributed by atoms with Gasteiger partial charge in [-0.3, -0.25) is 4.79 Å². The smallest absolute Gasteiger partial charge is 0.305 e.